The van der Waals surface area contributed by atoms with Crippen LogP contribution in [-0.2, 0) is 42.7 Å². The zero-order valence-electron chi connectivity index (χ0n) is 21.7. The third-order valence-corrected chi connectivity index (χ3v) is 4.80. The lowest BCUT2D eigenvalue weighted by Gasteiger charge is -2.08. The van der Waals surface area contributed by atoms with E-state index in [0.717, 1.165) is 12.8 Å². The molecule has 0 aliphatic carbocycles. The van der Waals surface area contributed by atoms with E-state index in [-0.39, 0.29) is 25.6 Å². The largest absolute Gasteiger partial charge is 0.481 e. The molecule has 0 unspecified atom stereocenters. The maximum absolute atomic E-state index is 11.6. The first-order valence-corrected chi connectivity index (χ1v) is 13.0. The molecule has 0 aromatic heterocycles. The van der Waals surface area contributed by atoms with Crippen molar-refractivity contribution in [3.8, 4) is 0 Å². The van der Waals surface area contributed by atoms with Crippen molar-refractivity contribution in [2.24, 2.45) is 0 Å². The zero-order chi connectivity index (χ0) is 25.7. The molecule has 0 rings (SSSR count). The molecule has 0 saturated heterocycles. The summed E-state index contributed by atoms with van der Waals surface area (Å²) >= 11 is 0. The average Bonchev–Trinajstić information content (AvgIpc) is 2.84. The van der Waals surface area contributed by atoms with Crippen molar-refractivity contribution >= 4 is 11.9 Å². The van der Waals surface area contributed by atoms with Crippen LogP contribution in [0.25, 0.3) is 0 Å². The third kappa shape index (κ3) is 30.7. The van der Waals surface area contributed by atoms with Crippen LogP contribution < -0.4 is 0 Å². The molecule has 0 aromatic carbocycles. The Bertz CT molecular complexity index is 462. The molecule has 0 radical (unpaired) electrons. The molecule has 0 bridgehead atoms. The van der Waals surface area contributed by atoms with E-state index < -0.39 is 5.97 Å². The van der Waals surface area contributed by atoms with Crippen molar-refractivity contribution in [1.82, 2.24) is 0 Å². The summed E-state index contributed by atoms with van der Waals surface area (Å²) in [5, 5.41) is 8.46. The van der Waals surface area contributed by atoms with E-state index in [0.29, 0.717) is 79.1 Å². The van der Waals surface area contributed by atoms with Crippen LogP contribution in [0.5, 0.6) is 0 Å². The number of hydrogen-bond acceptors (Lipinski definition) is 9. The summed E-state index contributed by atoms with van der Waals surface area (Å²) in [6.07, 6.45) is 8.78. The van der Waals surface area contributed by atoms with Crippen molar-refractivity contribution < 1.29 is 47.9 Å². The van der Waals surface area contributed by atoms with Crippen LogP contribution in [0.4, 0.5) is 0 Å². The average molecular weight is 509 g/mol. The summed E-state index contributed by atoms with van der Waals surface area (Å²) in [6.45, 7) is 7.55. The van der Waals surface area contributed by atoms with Gasteiger partial charge in [0, 0.05) is 6.42 Å². The number of carboxylic acids is 1. The van der Waals surface area contributed by atoms with Gasteiger partial charge in [0.2, 0.25) is 0 Å². The number of carboxylic acid groups (broad SMARTS) is 1. The molecule has 0 atom stereocenters. The maximum Gasteiger partial charge on any atom is 0.305 e. The second-order valence-electron chi connectivity index (χ2n) is 7.91. The molecule has 35 heavy (non-hydrogen) atoms. The van der Waals surface area contributed by atoms with Crippen molar-refractivity contribution in [2.75, 3.05) is 85.9 Å². The Morgan fingerprint density at radius 2 is 0.857 bits per heavy atom. The fourth-order valence-corrected chi connectivity index (χ4v) is 2.87. The molecule has 0 aliphatic rings. The van der Waals surface area contributed by atoms with E-state index in [1.54, 1.807) is 0 Å². The molecule has 0 fully saturated rings. The SMILES string of the molecule is CCCCCCCCCC(=O)OCCOCCOCCOCCOCCOCCOCCC(=O)O. The minimum atomic E-state index is -0.873. The van der Waals surface area contributed by atoms with Crippen LogP contribution in [0, 0.1) is 0 Å². The predicted octanol–water partition coefficient (Wildman–Crippen LogP) is 3.24. The van der Waals surface area contributed by atoms with Gasteiger partial charge in [-0.25, -0.2) is 0 Å². The second-order valence-corrected chi connectivity index (χ2v) is 7.91. The number of ether oxygens (including phenoxy) is 7. The van der Waals surface area contributed by atoms with Gasteiger partial charge in [-0.2, -0.15) is 0 Å². The van der Waals surface area contributed by atoms with Crippen molar-refractivity contribution in [1.29, 1.82) is 0 Å². The zero-order valence-corrected chi connectivity index (χ0v) is 21.7. The molecule has 0 saturated carbocycles. The smallest absolute Gasteiger partial charge is 0.305 e. The van der Waals surface area contributed by atoms with Crippen LogP contribution in [0.1, 0.15) is 64.7 Å². The third-order valence-electron chi connectivity index (χ3n) is 4.80. The number of carbonyl (C=O) groups excluding carboxylic acids is 1. The Balaban J connectivity index is 3.12. The van der Waals surface area contributed by atoms with Gasteiger partial charge in [-0.1, -0.05) is 45.4 Å². The Labute approximate surface area is 210 Å². The fraction of sp³-hybridized carbons (Fsp3) is 0.920. The van der Waals surface area contributed by atoms with Gasteiger partial charge in [-0.15, -0.1) is 0 Å². The number of rotatable bonds is 29. The maximum atomic E-state index is 11.6. The molecule has 0 aromatic rings. The minimum absolute atomic E-state index is 0.00000570. The lowest BCUT2D eigenvalue weighted by Crippen LogP contribution is -2.15. The van der Waals surface area contributed by atoms with Crippen LogP contribution in [0.15, 0.2) is 0 Å². The van der Waals surface area contributed by atoms with Gasteiger partial charge in [-0.05, 0) is 6.42 Å². The molecule has 0 spiro atoms. The number of carbonyl (C=O) groups is 2. The van der Waals surface area contributed by atoms with Gasteiger partial charge >= 0.3 is 11.9 Å². The highest BCUT2D eigenvalue weighted by Gasteiger charge is 2.02. The van der Waals surface area contributed by atoms with Gasteiger partial charge in [-0.3, -0.25) is 9.59 Å². The Kier molecular flexibility index (Phi) is 27.9. The quantitative estimate of drug-likeness (QED) is 0.119. The highest BCUT2D eigenvalue weighted by molar-refractivity contribution is 5.69. The van der Waals surface area contributed by atoms with Crippen LogP contribution in [0.3, 0.4) is 0 Å². The summed E-state index contributed by atoms with van der Waals surface area (Å²) in [6, 6.07) is 0. The summed E-state index contributed by atoms with van der Waals surface area (Å²) in [5.41, 5.74) is 0. The second kappa shape index (κ2) is 28.9. The minimum Gasteiger partial charge on any atom is -0.481 e. The van der Waals surface area contributed by atoms with E-state index in [4.69, 9.17) is 38.3 Å². The van der Waals surface area contributed by atoms with E-state index in [2.05, 4.69) is 6.92 Å². The molecule has 10 heteroatoms. The molecule has 1 N–H and O–H groups in total. The van der Waals surface area contributed by atoms with Gasteiger partial charge in [0.05, 0.1) is 85.7 Å². The van der Waals surface area contributed by atoms with Crippen LogP contribution >= 0.6 is 0 Å². The molecular weight excluding hydrogens is 460 g/mol. The molecular formula is C25H48O10. The van der Waals surface area contributed by atoms with Crippen molar-refractivity contribution in [3.63, 3.8) is 0 Å². The monoisotopic (exact) mass is 508 g/mol. The van der Waals surface area contributed by atoms with E-state index in [9.17, 15) is 9.59 Å². The fourth-order valence-electron chi connectivity index (χ4n) is 2.87. The molecule has 0 aliphatic heterocycles. The topological polar surface area (TPSA) is 119 Å². The Hall–Kier alpha value is -1.30. The predicted molar refractivity (Wildman–Crippen MR) is 131 cm³/mol. The first-order chi connectivity index (χ1) is 17.2. The number of aliphatic carboxylic acids is 1. The van der Waals surface area contributed by atoms with Crippen LogP contribution in [0.2, 0.25) is 0 Å². The van der Waals surface area contributed by atoms with Crippen molar-refractivity contribution in [3.05, 3.63) is 0 Å². The Morgan fingerprint density at radius 1 is 0.486 bits per heavy atom. The van der Waals surface area contributed by atoms with Gasteiger partial charge in [0.1, 0.15) is 6.61 Å². The Morgan fingerprint density at radius 3 is 1.29 bits per heavy atom. The van der Waals surface area contributed by atoms with Gasteiger partial charge in [0.15, 0.2) is 0 Å². The molecule has 208 valence electrons. The molecule has 0 amide bonds. The molecule has 0 heterocycles. The summed E-state index contributed by atoms with van der Waals surface area (Å²) < 4.78 is 37.1. The molecule has 10 nitrogen and oxygen atoms in total. The van der Waals surface area contributed by atoms with Gasteiger partial charge in [0.25, 0.3) is 0 Å². The van der Waals surface area contributed by atoms with Crippen molar-refractivity contribution in [2.45, 2.75) is 64.7 Å². The highest BCUT2D eigenvalue weighted by Crippen LogP contribution is 2.08. The summed E-state index contributed by atoms with van der Waals surface area (Å²) in [5.74, 6) is -1.02. The first kappa shape index (κ1) is 33.7. The summed E-state index contributed by atoms with van der Waals surface area (Å²) in [4.78, 5) is 21.9. The normalized spacial score (nSPS) is 11.1. The van der Waals surface area contributed by atoms with E-state index >= 15 is 0 Å². The lowest BCUT2D eigenvalue weighted by atomic mass is 10.1. The highest BCUT2D eigenvalue weighted by atomic mass is 16.6. The number of esters is 1. The van der Waals surface area contributed by atoms with Crippen LogP contribution in [-0.4, -0.2) is 103 Å². The van der Waals surface area contributed by atoms with E-state index in [1.807, 2.05) is 0 Å². The first-order valence-electron chi connectivity index (χ1n) is 13.0. The summed E-state index contributed by atoms with van der Waals surface area (Å²) in [7, 11) is 0. The number of unbranched alkanes of at least 4 members (excludes halogenated alkanes) is 6. The van der Waals surface area contributed by atoms with E-state index in [1.165, 1.54) is 32.1 Å². The number of hydrogen-bond donors (Lipinski definition) is 1. The lowest BCUT2D eigenvalue weighted by molar-refractivity contribution is -0.145. The standard InChI is InChI=1S/C25H48O10/c1-2-3-4-5-6-7-8-9-25(28)35-23-22-34-21-20-33-19-18-32-17-16-31-15-14-30-13-12-29-11-10-24(26)27/h2-23H2,1H3,(H,26,27). The van der Waals surface area contributed by atoms with Gasteiger partial charge < -0.3 is 38.3 Å².